The maximum atomic E-state index is 11.3. The molecule has 3 nitrogen and oxygen atoms in total. The molecular formula is C11H13NO2S. The number of thioether (sulfide) groups is 1. The van der Waals surface area contributed by atoms with Crippen LogP contribution in [0.15, 0.2) is 23.1 Å². The minimum atomic E-state index is -0.109. The lowest BCUT2D eigenvalue weighted by atomic mass is 10.2. The molecule has 0 bridgehead atoms. The summed E-state index contributed by atoms with van der Waals surface area (Å²) in [6.07, 6.45) is 0.789. The fourth-order valence-electron chi connectivity index (χ4n) is 1.50. The zero-order chi connectivity index (χ0) is 10.8. The Hall–Kier alpha value is -1.16. The molecule has 0 radical (unpaired) electrons. The number of benzene rings is 1. The molecule has 0 amide bonds. The third-order valence-electron chi connectivity index (χ3n) is 2.48. The summed E-state index contributed by atoms with van der Waals surface area (Å²) in [5.41, 5.74) is 7.61. The normalized spacial score (nSPS) is 20.3. The lowest BCUT2D eigenvalue weighted by molar-refractivity contribution is -0.137. The molecule has 1 atom stereocenters. The maximum Gasteiger partial charge on any atom is 0.319 e. The monoisotopic (exact) mass is 223 g/mol. The van der Waals surface area contributed by atoms with Gasteiger partial charge in [-0.05, 0) is 24.6 Å². The van der Waals surface area contributed by atoms with Crippen LogP contribution in [0.3, 0.4) is 0 Å². The van der Waals surface area contributed by atoms with Gasteiger partial charge in [0.2, 0.25) is 0 Å². The average Bonchev–Trinajstić information content (AvgIpc) is 2.60. The largest absolute Gasteiger partial charge is 0.465 e. The Morgan fingerprint density at radius 3 is 3.00 bits per heavy atom. The molecule has 0 saturated carbocycles. The fourth-order valence-corrected chi connectivity index (χ4v) is 2.63. The highest BCUT2D eigenvalue weighted by Gasteiger charge is 2.27. The summed E-state index contributed by atoms with van der Waals surface area (Å²) in [4.78, 5) is 12.4. The second-order valence-electron chi connectivity index (χ2n) is 3.53. The number of carbonyl (C=O) groups excluding carboxylic acids is 1. The Kier molecular flexibility index (Phi) is 2.86. The van der Waals surface area contributed by atoms with Crippen LogP contribution in [-0.2, 0) is 9.53 Å². The number of hydrogen-bond donors (Lipinski definition) is 1. The molecule has 2 rings (SSSR count). The summed E-state index contributed by atoms with van der Waals surface area (Å²) in [6, 6.07) is 5.76. The van der Waals surface area contributed by atoms with Gasteiger partial charge in [-0.1, -0.05) is 6.07 Å². The number of rotatable bonds is 2. The summed E-state index contributed by atoms with van der Waals surface area (Å²) in [5.74, 6) is -0.109. The van der Waals surface area contributed by atoms with E-state index in [4.69, 9.17) is 10.5 Å². The highest BCUT2D eigenvalue weighted by atomic mass is 32.2. The second kappa shape index (κ2) is 4.14. The van der Waals surface area contributed by atoms with Crippen molar-refractivity contribution in [1.82, 2.24) is 0 Å². The van der Waals surface area contributed by atoms with Gasteiger partial charge in [0.25, 0.3) is 0 Å². The Morgan fingerprint density at radius 2 is 2.33 bits per heavy atom. The van der Waals surface area contributed by atoms with Gasteiger partial charge in [0.1, 0.15) is 5.25 Å². The molecule has 0 aliphatic carbocycles. The van der Waals surface area contributed by atoms with E-state index >= 15 is 0 Å². The average molecular weight is 223 g/mol. The zero-order valence-corrected chi connectivity index (χ0v) is 9.34. The highest BCUT2D eigenvalue weighted by Crippen LogP contribution is 2.33. The first kappa shape index (κ1) is 10.4. The molecule has 1 saturated heterocycles. The molecule has 2 N–H and O–H groups in total. The van der Waals surface area contributed by atoms with Crippen molar-refractivity contribution in [3.8, 4) is 0 Å². The van der Waals surface area contributed by atoms with Crippen LogP contribution >= 0.6 is 11.8 Å². The van der Waals surface area contributed by atoms with E-state index in [1.165, 1.54) is 0 Å². The number of nitrogen functional groups attached to an aromatic ring is 1. The first-order valence-corrected chi connectivity index (χ1v) is 5.75. The van der Waals surface area contributed by atoms with Crippen molar-refractivity contribution < 1.29 is 9.53 Å². The molecule has 1 aromatic rings. The van der Waals surface area contributed by atoms with E-state index < -0.39 is 0 Å². The highest BCUT2D eigenvalue weighted by molar-refractivity contribution is 8.00. The number of esters is 1. The van der Waals surface area contributed by atoms with Crippen LogP contribution in [-0.4, -0.2) is 17.8 Å². The molecule has 15 heavy (non-hydrogen) atoms. The molecule has 80 valence electrons. The van der Waals surface area contributed by atoms with Crippen molar-refractivity contribution in [3.05, 3.63) is 23.8 Å². The van der Waals surface area contributed by atoms with E-state index in [2.05, 4.69) is 0 Å². The van der Waals surface area contributed by atoms with Crippen molar-refractivity contribution in [3.63, 3.8) is 0 Å². The van der Waals surface area contributed by atoms with Gasteiger partial charge in [0.05, 0.1) is 6.61 Å². The molecule has 1 aliphatic heterocycles. The van der Waals surface area contributed by atoms with Crippen LogP contribution in [0.4, 0.5) is 5.69 Å². The van der Waals surface area contributed by atoms with Crippen LogP contribution in [0, 0.1) is 6.92 Å². The lowest BCUT2D eigenvalue weighted by Gasteiger charge is -2.09. The van der Waals surface area contributed by atoms with Crippen molar-refractivity contribution in [2.24, 2.45) is 0 Å². The minimum Gasteiger partial charge on any atom is -0.465 e. The van der Waals surface area contributed by atoms with Crippen molar-refractivity contribution in [2.45, 2.75) is 23.5 Å². The van der Waals surface area contributed by atoms with E-state index in [1.54, 1.807) is 11.8 Å². The van der Waals surface area contributed by atoms with Gasteiger partial charge in [-0.2, -0.15) is 0 Å². The summed E-state index contributed by atoms with van der Waals surface area (Å²) in [6.45, 7) is 2.51. The first-order valence-electron chi connectivity index (χ1n) is 4.87. The maximum absolute atomic E-state index is 11.3. The van der Waals surface area contributed by atoms with Crippen molar-refractivity contribution >= 4 is 23.4 Å². The number of cyclic esters (lactones) is 1. The van der Waals surface area contributed by atoms with E-state index in [-0.39, 0.29) is 11.2 Å². The summed E-state index contributed by atoms with van der Waals surface area (Å²) < 4.78 is 4.92. The van der Waals surface area contributed by atoms with Gasteiger partial charge in [-0.15, -0.1) is 11.8 Å². The molecule has 0 aromatic heterocycles. The van der Waals surface area contributed by atoms with E-state index in [9.17, 15) is 4.79 Å². The van der Waals surface area contributed by atoms with Crippen molar-refractivity contribution in [2.75, 3.05) is 12.3 Å². The molecule has 1 unspecified atom stereocenters. The lowest BCUT2D eigenvalue weighted by Crippen LogP contribution is -2.09. The molecule has 0 spiro atoms. The third kappa shape index (κ3) is 2.09. The van der Waals surface area contributed by atoms with Gasteiger partial charge in [-0.25, -0.2) is 0 Å². The Morgan fingerprint density at radius 1 is 1.53 bits per heavy atom. The van der Waals surface area contributed by atoms with Gasteiger partial charge in [0, 0.05) is 17.0 Å². The van der Waals surface area contributed by atoms with E-state index in [1.807, 2.05) is 25.1 Å². The molecular weight excluding hydrogens is 210 g/mol. The number of anilines is 1. The van der Waals surface area contributed by atoms with Crippen LogP contribution in [0.5, 0.6) is 0 Å². The topological polar surface area (TPSA) is 52.3 Å². The zero-order valence-electron chi connectivity index (χ0n) is 8.53. The molecule has 1 fully saturated rings. The van der Waals surface area contributed by atoms with Crippen LogP contribution in [0.1, 0.15) is 12.0 Å². The van der Waals surface area contributed by atoms with Gasteiger partial charge in [-0.3, -0.25) is 4.79 Å². The Labute approximate surface area is 93.0 Å². The smallest absolute Gasteiger partial charge is 0.319 e. The number of ether oxygens (including phenoxy) is 1. The predicted octanol–water partition coefficient (Wildman–Crippen LogP) is 1.98. The molecule has 1 heterocycles. The number of carbonyl (C=O) groups is 1. The van der Waals surface area contributed by atoms with Gasteiger partial charge < -0.3 is 10.5 Å². The second-order valence-corrected chi connectivity index (χ2v) is 4.78. The fraction of sp³-hybridized carbons (Fsp3) is 0.364. The Bertz CT molecular complexity index is 392. The molecule has 1 aliphatic rings. The van der Waals surface area contributed by atoms with Crippen LogP contribution in [0.2, 0.25) is 0 Å². The summed E-state index contributed by atoms with van der Waals surface area (Å²) >= 11 is 1.55. The van der Waals surface area contributed by atoms with Gasteiger partial charge >= 0.3 is 5.97 Å². The number of nitrogens with two attached hydrogens (primary N) is 1. The third-order valence-corrected chi connectivity index (χ3v) is 3.89. The van der Waals surface area contributed by atoms with Crippen LogP contribution < -0.4 is 5.73 Å². The SMILES string of the molecule is Cc1c(N)cccc1SC1CCOC1=O. The van der Waals surface area contributed by atoms with Gasteiger partial charge in [0.15, 0.2) is 0 Å². The number of hydrogen-bond acceptors (Lipinski definition) is 4. The summed E-state index contributed by atoms with van der Waals surface area (Å²) in [7, 11) is 0. The van der Waals surface area contributed by atoms with E-state index in [0.29, 0.717) is 6.61 Å². The Balaban J connectivity index is 2.17. The predicted molar refractivity (Wildman–Crippen MR) is 60.8 cm³/mol. The van der Waals surface area contributed by atoms with Crippen molar-refractivity contribution in [1.29, 1.82) is 0 Å². The van der Waals surface area contributed by atoms with Crippen LogP contribution in [0.25, 0.3) is 0 Å². The minimum absolute atomic E-state index is 0.0644. The van der Waals surface area contributed by atoms with E-state index in [0.717, 1.165) is 22.6 Å². The first-order chi connectivity index (χ1) is 7.18. The summed E-state index contributed by atoms with van der Waals surface area (Å²) in [5, 5.41) is -0.0644. The molecule has 1 aromatic carbocycles. The molecule has 4 heteroatoms. The quantitative estimate of drug-likeness (QED) is 0.615. The standard InChI is InChI=1S/C11H13NO2S/c1-7-8(12)3-2-4-9(7)15-10-5-6-14-11(10)13/h2-4,10H,5-6,12H2,1H3.